The van der Waals surface area contributed by atoms with Crippen LogP contribution in [0.1, 0.15) is 47.5 Å². The summed E-state index contributed by atoms with van der Waals surface area (Å²) in [5, 5.41) is 2.67. The highest BCUT2D eigenvalue weighted by atomic mass is 16.6. The number of hydrogen-bond donors (Lipinski definition) is 1. The predicted molar refractivity (Wildman–Crippen MR) is 110 cm³/mol. The zero-order chi connectivity index (χ0) is 21.2. The van der Waals surface area contributed by atoms with E-state index in [0.717, 1.165) is 6.42 Å². The number of methoxy groups -OCH3 is 1. The van der Waals surface area contributed by atoms with Gasteiger partial charge in [0, 0.05) is 13.1 Å². The number of rotatable bonds is 5. The molecule has 1 aromatic rings. The minimum Gasteiger partial charge on any atom is -0.495 e. The first kappa shape index (κ1) is 23.6. The lowest BCUT2D eigenvalue weighted by Crippen LogP contribution is -2.35. The van der Waals surface area contributed by atoms with Gasteiger partial charge < -0.3 is 19.1 Å². The first-order valence-electron chi connectivity index (χ1n) is 9.83. The molecule has 1 N–H and O–H groups in total. The number of hydrogen-bond acceptors (Lipinski definition) is 5. The van der Waals surface area contributed by atoms with E-state index in [4.69, 9.17) is 14.2 Å². The summed E-state index contributed by atoms with van der Waals surface area (Å²) in [5.74, 6) is 0.884. The number of carbonyl (C=O) groups is 2. The van der Waals surface area contributed by atoms with Crippen molar-refractivity contribution >= 4 is 17.9 Å². The molecule has 1 heterocycles. The summed E-state index contributed by atoms with van der Waals surface area (Å²) in [6.45, 7) is 11.2. The maximum atomic E-state index is 12.0. The van der Waals surface area contributed by atoms with Crippen LogP contribution in [0.15, 0.2) is 24.3 Å². The van der Waals surface area contributed by atoms with E-state index >= 15 is 0 Å². The maximum Gasteiger partial charge on any atom is 0.411 e. The molecule has 2 rings (SSSR count). The van der Waals surface area contributed by atoms with Gasteiger partial charge in [0.15, 0.2) is 0 Å². The van der Waals surface area contributed by atoms with Crippen molar-refractivity contribution in [1.29, 1.82) is 0 Å². The number of likely N-dealkylation sites (tertiary alicyclic amines) is 1. The van der Waals surface area contributed by atoms with Gasteiger partial charge in [-0.2, -0.15) is 0 Å². The van der Waals surface area contributed by atoms with Gasteiger partial charge in [-0.1, -0.05) is 26.0 Å². The number of amides is 2. The Bertz CT molecular complexity index is 627. The molecule has 1 saturated heterocycles. The molecule has 0 aliphatic carbocycles. The summed E-state index contributed by atoms with van der Waals surface area (Å²) in [4.78, 5) is 25.7. The minimum atomic E-state index is -0.517. The van der Waals surface area contributed by atoms with Gasteiger partial charge in [-0.15, -0.1) is 0 Å². The molecule has 1 aromatic carbocycles. The molecule has 158 valence electrons. The van der Waals surface area contributed by atoms with Gasteiger partial charge >= 0.3 is 12.2 Å². The van der Waals surface area contributed by atoms with Crippen LogP contribution < -0.4 is 10.1 Å². The highest BCUT2D eigenvalue weighted by Crippen LogP contribution is 2.24. The van der Waals surface area contributed by atoms with Crippen molar-refractivity contribution in [2.45, 2.75) is 53.1 Å². The highest BCUT2D eigenvalue weighted by Gasteiger charge is 2.29. The Morgan fingerprint density at radius 3 is 2.54 bits per heavy atom. The third-order valence-corrected chi connectivity index (χ3v) is 4.04. The molecule has 2 amide bonds. The number of anilines is 1. The van der Waals surface area contributed by atoms with Gasteiger partial charge in [-0.3, -0.25) is 5.32 Å². The lowest BCUT2D eigenvalue weighted by Gasteiger charge is -2.24. The Morgan fingerprint density at radius 1 is 1.21 bits per heavy atom. The molecule has 1 fully saturated rings. The average Bonchev–Trinajstić information content (AvgIpc) is 3.11. The third-order valence-electron chi connectivity index (χ3n) is 4.04. The standard InChI is InChI=1S/C19H28N2O5.C2H6/c1-19(2,3)26-18(23)21-11-9-14(13-21)10-12-25-17(22)20-15-7-5-6-8-16(15)24-4;1-2/h5-8,14H,9-13H2,1-4H3,(H,20,22);1-2H3. The van der Waals surface area contributed by atoms with Crippen LogP contribution in [-0.4, -0.2) is 49.5 Å². The molecule has 0 aromatic heterocycles. The summed E-state index contributed by atoms with van der Waals surface area (Å²) < 4.78 is 15.8. The van der Waals surface area contributed by atoms with E-state index in [-0.39, 0.29) is 6.09 Å². The van der Waals surface area contributed by atoms with Gasteiger partial charge in [-0.05, 0) is 51.7 Å². The van der Waals surface area contributed by atoms with Crippen molar-refractivity contribution in [1.82, 2.24) is 4.90 Å². The highest BCUT2D eigenvalue weighted by molar-refractivity contribution is 5.86. The second kappa shape index (κ2) is 11.4. The molecule has 0 bridgehead atoms. The maximum absolute atomic E-state index is 12.0. The van der Waals surface area contributed by atoms with Crippen molar-refractivity contribution in [3.63, 3.8) is 0 Å². The summed E-state index contributed by atoms with van der Waals surface area (Å²) in [6, 6.07) is 7.14. The number of ether oxygens (including phenoxy) is 3. The van der Waals surface area contributed by atoms with E-state index in [1.165, 1.54) is 0 Å². The van der Waals surface area contributed by atoms with E-state index < -0.39 is 11.7 Å². The number of nitrogens with one attached hydrogen (secondary N) is 1. The Morgan fingerprint density at radius 2 is 1.89 bits per heavy atom. The van der Waals surface area contributed by atoms with Crippen LogP contribution in [0.4, 0.5) is 15.3 Å². The average molecular weight is 395 g/mol. The fraction of sp³-hybridized carbons (Fsp3) is 0.619. The third kappa shape index (κ3) is 8.06. The van der Waals surface area contributed by atoms with Crippen LogP contribution in [-0.2, 0) is 9.47 Å². The SMILES string of the molecule is CC.COc1ccccc1NC(=O)OCCC1CCN(C(=O)OC(C)(C)C)C1. The first-order valence-corrected chi connectivity index (χ1v) is 9.83. The molecular weight excluding hydrogens is 360 g/mol. The summed E-state index contributed by atoms with van der Waals surface area (Å²) in [6.07, 6.45) is 0.793. The van der Waals surface area contributed by atoms with E-state index in [9.17, 15) is 9.59 Å². The molecule has 0 radical (unpaired) electrons. The van der Waals surface area contributed by atoms with Gasteiger partial charge in [0.25, 0.3) is 0 Å². The molecular formula is C21H34N2O5. The van der Waals surface area contributed by atoms with Crippen LogP contribution >= 0.6 is 0 Å². The molecule has 1 aliphatic heterocycles. The molecule has 7 heteroatoms. The second-order valence-corrected chi connectivity index (χ2v) is 7.33. The van der Waals surface area contributed by atoms with Gasteiger partial charge in [-0.25, -0.2) is 9.59 Å². The zero-order valence-electron chi connectivity index (χ0n) is 17.9. The minimum absolute atomic E-state index is 0.283. The van der Waals surface area contributed by atoms with Crippen molar-refractivity contribution < 1.29 is 23.8 Å². The number of para-hydroxylation sites is 2. The lowest BCUT2D eigenvalue weighted by molar-refractivity contribution is 0.0285. The number of benzene rings is 1. The molecule has 1 atom stereocenters. The molecule has 0 saturated carbocycles. The largest absolute Gasteiger partial charge is 0.495 e. The quantitative estimate of drug-likeness (QED) is 0.767. The van der Waals surface area contributed by atoms with Gasteiger partial charge in [0.1, 0.15) is 11.4 Å². The summed E-state index contributed by atoms with van der Waals surface area (Å²) in [5.41, 5.74) is 0.0754. The molecule has 0 spiro atoms. The smallest absolute Gasteiger partial charge is 0.411 e. The number of nitrogens with zero attached hydrogens (tertiary/aromatic N) is 1. The van der Waals surface area contributed by atoms with Crippen molar-refractivity contribution in [3.8, 4) is 5.75 Å². The van der Waals surface area contributed by atoms with Crippen LogP contribution in [0.25, 0.3) is 0 Å². The normalized spacial score (nSPS) is 15.9. The Labute approximate surface area is 168 Å². The van der Waals surface area contributed by atoms with Crippen molar-refractivity contribution in [2.75, 3.05) is 32.1 Å². The summed E-state index contributed by atoms with van der Waals surface area (Å²) in [7, 11) is 1.54. The van der Waals surface area contributed by atoms with E-state index in [2.05, 4.69) is 5.32 Å². The second-order valence-electron chi connectivity index (χ2n) is 7.33. The van der Waals surface area contributed by atoms with E-state index in [1.807, 2.05) is 46.8 Å². The van der Waals surface area contributed by atoms with Crippen LogP contribution in [0.3, 0.4) is 0 Å². The lowest BCUT2D eigenvalue weighted by atomic mass is 10.1. The van der Waals surface area contributed by atoms with E-state index in [1.54, 1.807) is 24.1 Å². The predicted octanol–water partition coefficient (Wildman–Crippen LogP) is 4.92. The summed E-state index contributed by atoms with van der Waals surface area (Å²) >= 11 is 0. The fourth-order valence-electron chi connectivity index (χ4n) is 2.77. The van der Waals surface area contributed by atoms with Gasteiger partial charge in [0.2, 0.25) is 0 Å². The first-order chi connectivity index (χ1) is 13.3. The molecule has 1 aliphatic rings. The zero-order valence-corrected chi connectivity index (χ0v) is 17.9. The number of carbonyl (C=O) groups excluding carboxylic acids is 2. The Balaban J connectivity index is 0.00000190. The van der Waals surface area contributed by atoms with Crippen molar-refractivity contribution in [3.05, 3.63) is 24.3 Å². The van der Waals surface area contributed by atoms with Crippen LogP contribution in [0, 0.1) is 5.92 Å². The van der Waals surface area contributed by atoms with Crippen LogP contribution in [0.2, 0.25) is 0 Å². The molecule has 28 heavy (non-hydrogen) atoms. The Kier molecular flexibility index (Phi) is 9.62. The molecule has 1 unspecified atom stereocenters. The monoisotopic (exact) mass is 394 g/mol. The van der Waals surface area contributed by atoms with E-state index in [0.29, 0.717) is 43.5 Å². The van der Waals surface area contributed by atoms with Crippen LogP contribution in [0.5, 0.6) is 5.75 Å². The Hall–Kier alpha value is -2.44. The van der Waals surface area contributed by atoms with Gasteiger partial charge in [0.05, 0.1) is 19.4 Å². The molecule has 7 nitrogen and oxygen atoms in total. The van der Waals surface area contributed by atoms with Crippen molar-refractivity contribution in [2.24, 2.45) is 5.92 Å². The topological polar surface area (TPSA) is 77.1 Å². The fourth-order valence-corrected chi connectivity index (χ4v) is 2.77.